The highest BCUT2D eigenvalue weighted by Gasteiger charge is 2.36. The maximum atomic E-state index is 12.8. The molecule has 29 heavy (non-hydrogen) atoms. The zero-order valence-electron chi connectivity index (χ0n) is 17.5. The first-order chi connectivity index (χ1) is 13.8. The van der Waals surface area contributed by atoms with Crippen LogP contribution < -0.4 is 0 Å². The minimum atomic E-state index is -0.297. The maximum Gasteiger partial charge on any atom is 0.168 e. The van der Waals surface area contributed by atoms with Crippen molar-refractivity contribution in [2.45, 2.75) is 78.2 Å². The van der Waals surface area contributed by atoms with E-state index in [2.05, 4.69) is 10.1 Å². The van der Waals surface area contributed by atoms with Crippen LogP contribution in [0.5, 0.6) is 0 Å². The largest absolute Gasteiger partial charge is 0.511 e. The highest BCUT2D eigenvalue weighted by atomic mass is 16.5. The summed E-state index contributed by atoms with van der Waals surface area (Å²) in [4.78, 5) is 29.6. The standard InChI is InChI=1S/C22H30N2O5/c1-4-13(12-25)23-15-10-22(2,3)11-18(28)20(15)17(27)9-8-14-21-16(26)6-5-7-19(21)29-24-14/h13,25,27H,4-12H2,1-3H3/b20-17+,23-15?. The summed E-state index contributed by atoms with van der Waals surface area (Å²) < 4.78 is 5.30. The molecule has 0 amide bonds. The summed E-state index contributed by atoms with van der Waals surface area (Å²) >= 11 is 0. The molecule has 1 fully saturated rings. The van der Waals surface area contributed by atoms with E-state index in [1.807, 2.05) is 20.8 Å². The van der Waals surface area contributed by atoms with Crippen molar-refractivity contribution in [3.8, 4) is 0 Å². The Kier molecular flexibility index (Phi) is 6.36. The van der Waals surface area contributed by atoms with Gasteiger partial charge in [0.15, 0.2) is 11.6 Å². The number of ketones is 2. The monoisotopic (exact) mass is 402 g/mol. The molecule has 0 aliphatic heterocycles. The molecule has 3 rings (SSSR count). The maximum absolute atomic E-state index is 12.8. The number of carbonyl (C=O) groups is 2. The Morgan fingerprint density at radius 3 is 2.69 bits per heavy atom. The van der Waals surface area contributed by atoms with Gasteiger partial charge in [0.2, 0.25) is 0 Å². The van der Waals surface area contributed by atoms with Crippen molar-refractivity contribution in [2.24, 2.45) is 10.4 Å². The zero-order valence-corrected chi connectivity index (χ0v) is 17.5. The molecule has 2 N–H and O–H groups in total. The molecule has 0 spiro atoms. The Bertz CT molecular complexity index is 859. The van der Waals surface area contributed by atoms with E-state index in [1.165, 1.54) is 0 Å². The number of carbonyl (C=O) groups excluding carboxylic acids is 2. The number of Topliss-reactive ketones (excluding diaryl/α,β-unsaturated/α-hetero) is 2. The van der Waals surface area contributed by atoms with E-state index in [0.29, 0.717) is 61.3 Å². The molecule has 2 aliphatic carbocycles. The van der Waals surface area contributed by atoms with Crippen LogP contribution in [0.15, 0.2) is 20.8 Å². The number of aromatic nitrogens is 1. The summed E-state index contributed by atoms with van der Waals surface area (Å²) in [6.45, 7) is 5.83. The van der Waals surface area contributed by atoms with Crippen molar-refractivity contribution in [1.82, 2.24) is 5.16 Å². The Labute approximate surface area is 170 Å². The smallest absolute Gasteiger partial charge is 0.168 e. The highest BCUT2D eigenvalue weighted by molar-refractivity contribution is 6.24. The minimum Gasteiger partial charge on any atom is -0.511 e. The van der Waals surface area contributed by atoms with Gasteiger partial charge >= 0.3 is 0 Å². The number of aliphatic imine (C=N–C) groups is 1. The van der Waals surface area contributed by atoms with Crippen LogP contribution in [0.1, 0.15) is 81.1 Å². The number of hydrogen-bond donors (Lipinski definition) is 2. The third kappa shape index (κ3) is 4.66. The molecule has 1 heterocycles. The fraction of sp³-hybridized carbons (Fsp3) is 0.636. The highest BCUT2D eigenvalue weighted by Crippen LogP contribution is 2.36. The topological polar surface area (TPSA) is 113 Å². The minimum absolute atomic E-state index is 0.0288. The van der Waals surface area contributed by atoms with Crippen molar-refractivity contribution in [2.75, 3.05) is 6.61 Å². The second-order valence-electron chi connectivity index (χ2n) is 8.79. The molecule has 1 aromatic heterocycles. The fourth-order valence-corrected chi connectivity index (χ4v) is 4.12. The lowest BCUT2D eigenvalue weighted by atomic mass is 9.73. The van der Waals surface area contributed by atoms with Gasteiger partial charge in [-0.05, 0) is 24.7 Å². The normalized spacial score (nSPS) is 23.2. The number of aliphatic hydroxyl groups is 2. The van der Waals surface area contributed by atoms with Crippen LogP contribution in [0.25, 0.3) is 0 Å². The van der Waals surface area contributed by atoms with Crippen molar-refractivity contribution in [3.05, 3.63) is 28.3 Å². The third-order valence-corrected chi connectivity index (χ3v) is 5.68. The third-order valence-electron chi connectivity index (χ3n) is 5.68. The SMILES string of the molecule is CCC(CO)N=C1CC(C)(C)CC(=O)/C1=C(/O)CCc1noc2c1C(=O)CCC2. The second kappa shape index (κ2) is 8.61. The van der Waals surface area contributed by atoms with E-state index in [9.17, 15) is 19.8 Å². The summed E-state index contributed by atoms with van der Waals surface area (Å²) in [6, 6.07) is -0.297. The number of aryl methyl sites for hydroxylation is 2. The van der Waals surface area contributed by atoms with Gasteiger partial charge in [-0.1, -0.05) is 25.9 Å². The van der Waals surface area contributed by atoms with E-state index in [0.717, 1.165) is 6.42 Å². The number of nitrogens with zero attached hydrogens (tertiary/aromatic N) is 2. The molecular weight excluding hydrogens is 372 g/mol. The van der Waals surface area contributed by atoms with E-state index in [4.69, 9.17) is 4.52 Å². The fourth-order valence-electron chi connectivity index (χ4n) is 4.12. The predicted molar refractivity (Wildman–Crippen MR) is 108 cm³/mol. The lowest BCUT2D eigenvalue weighted by Crippen LogP contribution is -2.33. The van der Waals surface area contributed by atoms with Gasteiger partial charge in [-0.3, -0.25) is 14.6 Å². The molecule has 1 unspecified atom stereocenters. The van der Waals surface area contributed by atoms with Crippen LogP contribution in [0, 0.1) is 5.41 Å². The Hall–Kier alpha value is -2.28. The number of fused-ring (bicyclic) bond motifs is 1. The summed E-state index contributed by atoms with van der Waals surface area (Å²) in [5.74, 6) is 0.483. The van der Waals surface area contributed by atoms with Gasteiger partial charge in [0.1, 0.15) is 11.5 Å². The molecular formula is C22H30N2O5. The van der Waals surface area contributed by atoms with Gasteiger partial charge < -0.3 is 14.7 Å². The molecule has 1 aromatic rings. The van der Waals surface area contributed by atoms with E-state index in [1.54, 1.807) is 0 Å². The first-order valence-electron chi connectivity index (χ1n) is 10.4. The van der Waals surface area contributed by atoms with Gasteiger partial charge in [-0.2, -0.15) is 0 Å². The molecule has 1 saturated carbocycles. The Morgan fingerprint density at radius 1 is 1.24 bits per heavy atom. The van der Waals surface area contributed by atoms with Crippen LogP contribution in [-0.4, -0.2) is 45.3 Å². The lowest BCUT2D eigenvalue weighted by molar-refractivity contribution is -0.117. The molecule has 0 aromatic carbocycles. The zero-order chi connectivity index (χ0) is 21.2. The van der Waals surface area contributed by atoms with Crippen LogP contribution >= 0.6 is 0 Å². The molecule has 1 atom stereocenters. The van der Waals surface area contributed by atoms with Gasteiger partial charge in [-0.25, -0.2) is 0 Å². The first-order valence-corrected chi connectivity index (χ1v) is 10.4. The number of allylic oxidation sites excluding steroid dienone is 2. The average Bonchev–Trinajstić information content (AvgIpc) is 3.07. The predicted octanol–water partition coefficient (Wildman–Crippen LogP) is 3.54. The average molecular weight is 402 g/mol. The molecule has 158 valence electrons. The molecule has 0 bridgehead atoms. The summed E-state index contributed by atoms with van der Waals surface area (Å²) in [5, 5.41) is 24.3. The first kappa shape index (κ1) is 21.4. The van der Waals surface area contributed by atoms with Crippen molar-refractivity contribution < 1.29 is 24.3 Å². The van der Waals surface area contributed by atoms with Crippen LogP contribution in [0.4, 0.5) is 0 Å². The van der Waals surface area contributed by atoms with Crippen molar-refractivity contribution >= 4 is 17.3 Å². The van der Waals surface area contributed by atoms with E-state index in [-0.39, 0.29) is 47.4 Å². The summed E-state index contributed by atoms with van der Waals surface area (Å²) in [5.41, 5.74) is 1.67. The molecule has 0 radical (unpaired) electrons. The van der Waals surface area contributed by atoms with Crippen LogP contribution in [-0.2, 0) is 17.6 Å². The number of rotatable bonds is 6. The van der Waals surface area contributed by atoms with Crippen LogP contribution in [0.2, 0.25) is 0 Å². The molecule has 7 nitrogen and oxygen atoms in total. The van der Waals surface area contributed by atoms with Crippen molar-refractivity contribution in [1.29, 1.82) is 0 Å². The number of hydrogen-bond acceptors (Lipinski definition) is 7. The second-order valence-corrected chi connectivity index (χ2v) is 8.79. The van der Waals surface area contributed by atoms with Gasteiger partial charge in [0.05, 0.1) is 29.5 Å². The van der Waals surface area contributed by atoms with Gasteiger partial charge in [0.25, 0.3) is 0 Å². The molecule has 2 aliphatic rings. The Balaban J connectivity index is 1.87. The van der Waals surface area contributed by atoms with E-state index < -0.39 is 0 Å². The van der Waals surface area contributed by atoms with Crippen molar-refractivity contribution in [3.63, 3.8) is 0 Å². The lowest BCUT2D eigenvalue weighted by Gasteiger charge is -2.32. The van der Waals surface area contributed by atoms with Gasteiger partial charge in [0, 0.05) is 37.8 Å². The summed E-state index contributed by atoms with van der Waals surface area (Å²) in [6.07, 6.45) is 4.00. The Morgan fingerprint density at radius 2 is 2.00 bits per heavy atom. The molecule has 7 heteroatoms. The molecule has 0 saturated heterocycles. The van der Waals surface area contributed by atoms with E-state index >= 15 is 0 Å². The quantitative estimate of drug-likeness (QED) is 0.556. The summed E-state index contributed by atoms with van der Waals surface area (Å²) in [7, 11) is 0. The number of aliphatic hydroxyl groups excluding tert-OH is 2. The van der Waals surface area contributed by atoms with Gasteiger partial charge in [-0.15, -0.1) is 0 Å². The van der Waals surface area contributed by atoms with Crippen LogP contribution in [0.3, 0.4) is 0 Å².